The van der Waals surface area contributed by atoms with Gasteiger partial charge in [-0.25, -0.2) is 0 Å². The van der Waals surface area contributed by atoms with Crippen molar-refractivity contribution in [3.8, 4) is 0 Å². The van der Waals surface area contributed by atoms with Crippen molar-refractivity contribution in [3.63, 3.8) is 0 Å². The maximum Gasteiger partial charge on any atom is 0.0802 e. The molecule has 0 saturated carbocycles. The van der Waals surface area contributed by atoms with Crippen LogP contribution in [0.25, 0.3) is 0 Å². The second-order valence-corrected chi connectivity index (χ2v) is 5.76. The molecule has 0 heterocycles. The van der Waals surface area contributed by atoms with Crippen LogP contribution < -0.4 is 5.32 Å². The van der Waals surface area contributed by atoms with Gasteiger partial charge in [-0.1, -0.05) is 37.3 Å². The third-order valence-corrected chi connectivity index (χ3v) is 3.91. The molecule has 1 rings (SSSR count). The van der Waals surface area contributed by atoms with Crippen LogP contribution in [0.1, 0.15) is 25.0 Å². The smallest absolute Gasteiger partial charge is 0.0802 e. The zero-order valence-corrected chi connectivity index (χ0v) is 11.1. The maximum absolute atomic E-state index is 11.2. The Hall–Kier alpha value is -0.710. The van der Waals surface area contributed by atoms with Gasteiger partial charge in [0.2, 0.25) is 0 Å². The molecule has 0 bridgehead atoms. The lowest BCUT2D eigenvalue weighted by atomic mass is 10.1. The largest absolute Gasteiger partial charge is 0.388 e. The molecule has 3 nitrogen and oxygen atoms in total. The third kappa shape index (κ3) is 5.96. The molecule has 0 fully saturated rings. The lowest BCUT2D eigenvalue weighted by molar-refractivity contribution is 0.167. The van der Waals surface area contributed by atoms with E-state index in [4.69, 9.17) is 0 Å². The molecule has 0 aliphatic heterocycles. The highest BCUT2D eigenvalue weighted by Gasteiger charge is 2.05. The molecule has 0 aromatic heterocycles. The summed E-state index contributed by atoms with van der Waals surface area (Å²) in [4.78, 5) is 0. The SMILES string of the molecule is CCS(=O)CCNCC[C@@H](O)c1ccccc1. The van der Waals surface area contributed by atoms with E-state index in [9.17, 15) is 9.32 Å². The Morgan fingerprint density at radius 3 is 2.65 bits per heavy atom. The molecule has 4 heteroatoms. The van der Waals surface area contributed by atoms with E-state index in [0.29, 0.717) is 17.9 Å². The first-order chi connectivity index (χ1) is 8.24. The zero-order chi connectivity index (χ0) is 12.5. The van der Waals surface area contributed by atoms with E-state index in [1.807, 2.05) is 37.3 Å². The lowest BCUT2D eigenvalue weighted by Crippen LogP contribution is -2.23. The monoisotopic (exact) mass is 255 g/mol. The predicted octanol–water partition coefficient (Wildman–Crippen LogP) is 1.47. The molecular formula is C13H21NO2S. The first kappa shape index (κ1) is 14.4. The first-order valence-electron chi connectivity index (χ1n) is 6.02. The van der Waals surface area contributed by atoms with Crippen molar-refractivity contribution in [1.82, 2.24) is 5.32 Å². The second kappa shape index (κ2) is 8.39. The van der Waals surface area contributed by atoms with Gasteiger partial charge < -0.3 is 10.4 Å². The minimum atomic E-state index is -0.702. The van der Waals surface area contributed by atoms with Crippen molar-refractivity contribution in [2.75, 3.05) is 24.6 Å². The van der Waals surface area contributed by atoms with Gasteiger partial charge in [0.25, 0.3) is 0 Å². The third-order valence-electron chi connectivity index (χ3n) is 2.61. The summed E-state index contributed by atoms with van der Waals surface area (Å²) < 4.78 is 11.2. The highest BCUT2D eigenvalue weighted by Crippen LogP contribution is 2.14. The Bertz CT molecular complexity index is 329. The fourth-order valence-electron chi connectivity index (χ4n) is 1.54. The van der Waals surface area contributed by atoms with Gasteiger partial charge >= 0.3 is 0 Å². The molecule has 2 N–H and O–H groups in total. The van der Waals surface area contributed by atoms with Gasteiger partial charge in [0.15, 0.2) is 0 Å². The molecule has 0 aliphatic carbocycles. The van der Waals surface area contributed by atoms with Crippen LogP contribution in [0.15, 0.2) is 30.3 Å². The molecule has 0 amide bonds. The zero-order valence-electron chi connectivity index (χ0n) is 10.3. The van der Waals surface area contributed by atoms with E-state index in [2.05, 4.69) is 5.32 Å². The number of hydrogen-bond donors (Lipinski definition) is 2. The van der Waals surface area contributed by atoms with E-state index < -0.39 is 16.9 Å². The second-order valence-electron chi connectivity index (χ2n) is 3.90. The van der Waals surface area contributed by atoms with E-state index in [1.165, 1.54) is 0 Å². The molecule has 0 aliphatic rings. The molecular weight excluding hydrogens is 234 g/mol. The van der Waals surface area contributed by atoms with Gasteiger partial charge in [-0.2, -0.15) is 0 Å². The average Bonchev–Trinajstić information content (AvgIpc) is 2.38. The van der Waals surface area contributed by atoms with Crippen LogP contribution in [-0.2, 0) is 10.8 Å². The van der Waals surface area contributed by atoms with Crippen LogP contribution in [0.2, 0.25) is 0 Å². The van der Waals surface area contributed by atoms with Crippen LogP contribution in [0.3, 0.4) is 0 Å². The van der Waals surface area contributed by atoms with Crippen LogP contribution in [0.5, 0.6) is 0 Å². The first-order valence-corrected chi connectivity index (χ1v) is 7.51. The molecule has 96 valence electrons. The number of benzene rings is 1. The Kier molecular flexibility index (Phi) is 7.08. The average molecular weight is 255 g/mol. The summed E-state index contributed by atoms with van der Waals surface area (Å²) in [6.07, 6.45) is 0.267. The number of aliphatic hydroxyl groups is 1. The molecule has 2 atom stereocenters. The van der Waals surface area contributed by atoms with Gasteiger partial charge in [-0.15, -0.1) is 0 Å². The van der Waals surface area contributed by atoms with E-state index in [0.717, 1.165) is 18.7 Å². The quantitative estimate of drug-likeness (QED) is 0.692. The molecule has 1 aromatic rings. The summed E-state index contributed by atoms with van der Waals surface area (Å²) in [5.41, 5.74) is 0.950. The number of aliphatic hydroxyl groups excluding tert-OH is 1. The Morgan fingerprint density at radius 2 is 2.00 bits per heavy atom. The summed E-state index contributed by atoms with van der Waals surface area (Å²) in [5.74, 6) is 1.41. The standard InChI is InChI=1S/C13H21NO2S/c1-2-17(16)11-10-14-9-8-13(15)12-6-4-3-5-7-12/h3-7,13-15H,2,8-11H2,1H3/t13-,17?/m1/s1. The van der Waals surface area contributed by atoms with Crippen molar-refractivity contribution in [3.05, 3.63) is 35.9 Å². The molecule has 0 spiro atoms. The number of nitrogens with one attached hydrogen (secondary N) is 1. The van der Waals surface area contributed by atoms with Crippen molar-refractivity contribution in [2.45, 2.75) is 19.4 Å². The minimum absolute atomic E-state index is 0.416. The van der Waals surface area contributed by atoms with Gasteiger partial charge in [0, 0.05) is 28.9 Å². The van der Waals surface area contributed by atoms with Gasteiger partial charge in [0.1, 0.15) is 0 Å². The van der Waals surface area contributed by atoms with Gasteiger partial charge in [-0.3, -0.25) is 4.21 Å². The Labute approximate surface area is 106 Å². The molecule has 1 unspecified atom stereocenters. The summed E-state index contributed by atoms with van der Waals surface area (Å²) in [5, 5.41) is 13.1. The van der Waals surface area contributed by atoms with E-state index >= 15 is 0 Å². The van der Waals surface area contributed by atoms with Gasteiger partial charge in [-0.05, 0) is 18.5 Å². The van der Waals surface area contributed by atoms with Crippen LogP contribution in [-0.4, -0.2) is 33.9 Å². The van der Waals surface area contributed by atoms with Crippen molar-refractivity contribution in [1.29, 1.82) is 0 Å². The fourth-order valence-corrected chi connectivity index (χ4v) is 2.20. The van der Waals surface area contributed by atoms with E-state index in [1.54, 1.807) is 0 Å². The maximum atomic E-state index is 11.2. The summed E-state index contributed by atoms with van der Waals surface area (Å²) in [7, 11) is -0.702. The number of hydrogen-bond acceptors (Lipinski definition) is 3. The topological polar surface area (TPSA) is 49.3 Å². The van der Waals surface area contributed by atoms with Gasteiger partial charge in [0.05, 0.1) is 6.10 Å². The lowest BCUT2D eigenvalue weighted by Gasteiger charge is -2.11. The van der Waals surface area contributed by atoms with Crippen molar-refractivity contribution < 1.29 is 9.32 Å². The normalized spacial score (nSPS) is 14.5. The molecule has 1 aromatic carbocycles. The minimum Gasteiger partial charge on any atom is -0.388 e. The number of rotatable bonds is 8. The predicted molar refractivity (Wildman–Crippen MR) is 72.4 cm³/mol. The highest BCUT2D eigenvalue weighted by atomic mass is 32.2. The summed E-state index contributed by atoms with van der Waals surface area (Å²) in [6.45, 7) is 3.42. The summed E-state index contributed by atoms with van der Waals surface area (Å²) >= 11 is 0. The van der Waals surface area contributed by atoms with Crippen molar-refractivity contribution >= 4 is 10.8 Å². The fraction of sp³-hybridized carbons (Fsp3) is 0.538. The van der Waals surface area contributed by atoms with E-state index in [-0.39, 0.29) is 0 Å². The van der Waals surface area contributed by atoms with Crippen LogP contribution in [0, 0.1) is 0 Å². The Balaban J connectivity index is 2.13. The van der Waals surface area contributed by atoms with Crippen LogP contribution >= 0.6 is 0 Å². The summed E-state index contributed by atoms with van der Waals surface area (Å²) in [6, 6.07) is 9.65. The Morgan fingerprint density at radius 1 is 1.29 bits per heavy atom. The molecule has 0 saturated heterocycles. The molecule has 17 heavy (non-hydrogen) atoms. The van der Waals surface area contributed by atoms with Crippen molar-refractivity contribution in [2.24, 2.45) is 0 Å². The van der Waals surface area contributed by atoms with Crippen LogP contribution in [0.4, 0.5) is 0 Å². The highest BCUT2D eigenvalue weighted by molar-refractivity contribution is 7.84. The molecule has 0 radical (unpaired) electrons.